The molecule has 29 heavy (non-hydrogen) atoms. The van der Waals surface area contributed by atoms with Gasteiger partial charge in [-0.1, -0.05) is 43.4 Å². The summed E-state index contributed by atoms with van der Waals surface area (Å²) in [4.78, 5) is 24.1. The number of fused-ring (bicyclic) bond motifs is 1. The van der Waals surface area contributed by atoms with Gasteiger partial charge in [-0.2, -0.15) is 0 Å². The number of halogens is 1. The van der Waals surface area contributed by atoms with Crippen molar-refractivity contribution in [1.29, 1.82) is 0 Å². The number of carbonyl (C=O) groups is 1. The van der Waals surface area contributed by atoms with Gasteiger partial charge >= 0.3 is 0 Å². The fourth-order valence-corrected chi connectivity index (χ4v) is 4.17. The van der Waals surface area contributed by atoms with Crippen LogP contribution in [0.3, 0.4) is 0 Å². The maximum absolute atomic E-state index is 13.3. The lowest BCUT2D eigenvalue weighted by atomic mass is 10.0. The Hall–Kier alpha value is -3.12. The van der Waals surface area contributed by atoms with Gasteiger partial charge in [-0.25, -0.2) is 9.37 Å². The Kier molecular flexibility index (Phi) is 5.36. The summed E-state index contributed by atoms with van der Waals surface area (Å²) >= 11 is 1.47. The van der Waals surface area contributed by atoms with Crippen LogP contribution in [0.5, 0.6) is 0 Å². The number of anilines is 1. The van der Waals surface area contributed by atoms with Gasteiger partial charge in [0.25, 0.3) is 5.91 Å². The van der Waals surface area contributed by atoms with Gasteiger partial charge in [-0.15, -0.1) is 0 Å². The van der Waals surface area contributed by atoms with Crippen molar-refractivity contribution in [2.45, 2.75) is 26.3 Å². The third-order valence-corrected chi connectivity index (χ3v) is 5.72. The van der Waals surface area contributed by atoms with Crippen molar-refractivity contribution in [3.8, 4) is 0 Å². The molecular weight excluding hydrogens is 385 g/mol. The Labute approximate surface area is 172 Å². The quantitative estimate of drug-likeness (QED) is 0.421. The normalized spacial score (nSPS) is 11.2. The molecule has 0 atom stereocenters. The van der Waals surface area contributed by atoms with E-state index in [1.54, 1.807) is 11.1 Å². The zero-order valence-corrected chi connectivity index (χ0v) is 17.0. The van der Waals surface area contributed by atoms with Crippen molar-refractivity contribution < 1.29 is 9.18 Å². The molecular formula is C23H20FN3OS. The fourth-order valence-electron chi connectivity index (χ4n) is 3.17. The van der Waals surface area contributed by atoms with Crippen LogP contribution in [0.1, 0.15) is 41.4 Å². The zero-order valence-electron chi connectivity index (χ0n) is 16.2. The Balaban J connectivity index is 1.79. The van der Waals surface area contributed by atoms with Gasteiger partial charge in [-0.3, -0.25) is 14.7 Å². The molecule has 0 fully saturated rings. The molecule has 0 spiro atoms. The average Bonchev–Trinajstić information content (AvgIpc) is 3.16. The van der Waals surface area contributed by atoms with Crippen LogP contribution in [0.4, 0.5) is 9.52 Å². The molecule has 0 aliphatic carbocycles. The highest BCUT2D eigenvalue weighted by atomic mass is 32.1. The molecule has 1 amide bonds. The molecule has 4 aromatic rings. The Morgan fingerprint density at radius 3 is 2.55 bits per heavy atom. The number of carbonyl (C=O) groups excluding carboxylic acids is 1. The minimum Gasteiger partial charge on any atom is -0.278 e. The third-order valence-electron chi connectivity index (χ3n) is 4.67. The van der Waals surface area contributed by atoms with Crippen LogP contribution in [0, 0.1) is 5.82 Å². The van der Waals surface area contributed by atoms with Crippen molar-refractivity contribution in [3.63, 3.8) is 0 Å². The van der Waals surface area contributed by atoms with Crippen LogP contribution in [0.25, 0.3) is 10.2 Å². The lowest BCUT2D eigenvalue weighted by Gasteiger charge is -2.19. The first kappa shape index (κ1) is 19.2. The number of aromatic nitrogens is 2. The molecule has 4 rings (SSSR count). The number of hydrogen-bond acceptors (Lipinski definition) is 4. The first-order valence-corrected chi connectivity index (χ1v) is 10.2. The summed E-state index contributed by atoms with van der Waals surface area (Å²) in [5.74, 6) is -0.286. The highest BCUT2D eigenvalue weighted by molar-refractivity contribution is 7.22. The molecule has 2 heterocycles. The van der Waals surface area contributed by atoms with Crippen molar-refractivity contribution in [3.05, 3.63) is 89.5 Å². The van der Waals surface area contributed by atoms with E-state index in [-0.39, 0.29) is 18.3 Å². The van der Waals surface area contributed by atoms with E-state index in [2.05, 4.69) is 24.9 Å². The van der Waals surface area contributed by atoms with Crippen LogP contribution < -0.4 is 4.90 Å². The molecule has 0 saturated carbocycles. The molecule has 0 N–H and O–H groups in total. The topological polar surface area (TPSA) is 46.1 Å². The lowest BCUT2D eigenvalue weighted by Crippen LogP contribution is -2.30. The van der Waals surface area contributed by atoms with E-state index < -0.39 is 0 Å². The number of rotatable bonds is 5. The first-order chi connectivity index (χ1) is 14.0. The van der Waals surface area contributed by atoms with Crippen molar-refractivity contribution in [2.24, 2.45) is 0 Å². The van der Waals surface area contributed by atoms with E-state index in [4.69, 9.17) is 4.98 Å². The summed E-state index contributed by atoms with van der Waals surface area (Å²) in [5, 5.41) is 0.605. The molecule has 4 nitrogen and oxygen atoms in total. The SMILES string of the molecule is CC(C)c1cccc2sc(N(Cc3ccccn3)C(=O)c3ccc(F)cc3)nc12. The number of amides is 1. The summed E-state index contributed by atoms with van der Waals surface area (Å²) in [7, 11) is 0. The maximum atomic E-state index is 13.3. The Morgan fingerprint density at radius 1 is 1.07 bits per heavy atom. The van der Waals surface area contributed by atoms with E-state index in [9.17, 15) is 9.18 Å². The third kappa shape index (κ3) is 4.03. The van der Waals surface area contributed by atoms with Crippen LogP contribution in [0.15, 0.2) is 66.9 Å². The number of hydrogen-bond donors (Lipinski definition) is 0. The van der Waals surface area contributed by atoms with Crippen molar-refractivity contribution in [1.82, 2.24) is 9.97 Å². The van der Waals surface area contributed by atoms with E-state index in [1.165, 1.54) is 35.6 Å². The van der Waals surface area contributed by atoms with Gasteiger partial charge in [0, 0.05) is 11.8 Å². The van der Waals surface area contributed by atoms with E-state index in [0.29, 0.717) is 16.6 Å². The van der Waals surface area contributed by atoms with E-state index in [0.717, 1.165) is 21.5 Å². The van der Waals surface area contributed by atoms with Gasteiger partial charge in [0.1, 0.15) is 5.82 Å². The van der Waals surface area contributed by atoms with E-state index in [1.807, 2.05) is 30.3 Å². The Bertz CT molecular complexity index is 1140. The van der Waals surface area contributed by atoms with Gasteiger partial charge in [0.15, 0.2) is 5.13 Å². The molecule has 0 aliphatic rings. The molecule has 0 saturated heterocycles. The first-order valence-electron chi connectivity index (χ1n) is 9.39. The van der Waals surface area contributed by atoms with Crippen LogP contribution in [-0.2, 0) is 6.54 Å². The monoisotopic (exact) mass is 405 g/mol. The average molecular weight is 405 g/mol. The highest BCUT2D eigenvalue weighted by Crippen LogP contribution is 2.34. The largest absolute Gasteiger partial charge is 0.278 e. The lowest BCUT2D eigenvalue weighted by molar-refractivity contribution is 0.0985. The second-order valence-corrected chi connectivity index (χ2v) is 8.07. The standard InChI is InChI=1S/C23H20FN3OS/c1-15(2)19-7-5-8-20-21(19)26-23(29-20)27(14-18-6-3-4-13-25-18)22(28)16-9-11-17(24)12-10-16/h3-13,15H,14H2,1-2H3. The highest BCUT2D eigenvalue weighted by Gasteiger charge is 2.23. The van der Waals surface area contributed by atoms with Gasteiger partial charge in [0.2, 0.25) is 0 Å². The minimum absolute atomic E-state index is 0.235. The summed E-state index contributed by atoms with van der Waals surface area (Å²) in [6.45, 7) is 4.54. The number of pyridine rings is 1. The fraction of sp³-hybridized carbons (Fsp3) is 0.174. The van der Waals surface area contributed by atoms with Crippen molar-refractivity contribution in [2.75, 3.05) is 4.90 Å². The van der Waals surface area contributed by atoms with Crippen LogP contribution >= 0.6 is 11.3 Å². The summed E-state index contributed by atoms with van der Waals surface area (Å²) < 4.78 is 14.4. The van der Waals surface area contributed by atoms with Crippen LogP contribution in [-0.4, -0.2) is 15.9 Å². The van der Waals surface area contributed by atoms with Gasteiger partial charge in [-0.05, 0) is 53.9 Å². The molecule has 0 bridgehead atoms. The number of para-hydroxylation sites is 1. The molecule has 0 aliphatic heterocycles. The molecule has 0 radical (unpaired) electrons. The summed E-state index contributed by atoms with van der Waals surface area (Å²) in [6.07, 6.45) is 1.70. The molecule has 146 valence electrons. The number of benzene rings is 2. The van der Waals surface area contributed by atoms with Crippen molar-refractivity contribution >= 4 is 32.6 Å². The predicted octanol–water partition coefficient (Wildman–Crippen LogP) is 5.80. The summed E-state index contributed by atoms with van der Waals surface area (Å²) in [6, 6.07) is 17.3. The summed E-state index contributed by atoms with van der Waals surface area (Å²) in [5.41, 5.74) is 3.23. The minimum atomic E-state index is -0.376. The predicted molar refractivity (Wildman–Crippen MR) is 115 cm³/mol. The Morgan fingerprint density at radius 2 is 1.86 bits per heavy atom. The second kappa shape index (κ2) is 8.09. The maximum Gasteiger partial charge on any atom is 0.260 e. The number of thiazole rings is 1. The number of nitrogens with zero attached hydrogens (tertiary/aromatic N) is 3. The molecule has 0 unspecified atom stereocenters. The van der Waals surface area contributed by atoms with Crippen LogP contribution in [0.2, 0.25) is 0 Å². The molecule has 2 aromatic carbocycles. The second-order valence-electron chi connectivity index (χ2n) is 7.06. The van der Waals surface area contributed by atoms with Gasteiger partial charge in [0.05, 0.1) is 22.5 Å². The smallest absolute Gasteiger partial charge is 0.260 e. The molecule has 2 aromatic heterocycles. The van der Waals surface area contributed by atoms with E-state index >= 15 is 0 Å². The molecule has 6 heteroatoms. The zero-order chi connectivity index (χ0) is 20.4. The van der Waals surface area contributed by atoms with Gasteiger partial charge < -0.3 is 0 Å².